The molecule has 0 bridgehead atoms. The van der Waals surface area contributed by atoms with Crippen molar-refractivity contribution in [3.63, 3.8) is 0 Å². The molecule has 0 fully saturated rings. The van der Waals surface area contributed by atoms with Crippen LogP contribution in [0.4, 0.5) is 17.1 Å². The summed E-state index contributed by atoms with van der Waals surface area (Å²) < 4.78 is 6.47. The van der Waals surface area contributed by atoms with E-state index in [1.165, 1.54) is 55.3 Å². The smallest absolute Gasteiger partial charge is 0.136 e. The summed E-state index contributed by atoms with van der Waals surface area (Å²) >= 11 is 0. The van der Waals surface area contributed by atoms with Gasteiger partial charge in [-0.15, -0.1) is 0 Å². The molecule has 12 rings (SSSR count). The van der Waals surface area contributed by atoms with Crippen molar-refractivity contribution in [3.8, 4) is 33.4 Å². The van der Waals surface area contributed by atoms with Gasteiger partial charge in [-0.1, -0.05) is 202 Å². The molecule has 0 aliphatic heterocycles. The molecule has 0 saturated heterocycles. The molecule has 0 N–H and O–H groups in total. The molecule has 2 heteroatoms. The standard InChI is InChI=1S/C63H47NO/c1-62(2)55-30-16-14-26-50(55)54-41-47(38-39-56(54)62)64(46-36-34-45(35-37-46)63(3,43-20-6-4-7-21-43)44-22-8-5-9-23-44)57-40-33-42-19-10-11-24-48(42)60(57)51-27-13-12-25-49(51)52-29-18-32-59-61(52)53-28-15-17-31-58(53)65-59/h4-41H,1-3H3. The fraction of sp³-hybridized carbons (Fsp3) is 0.0794. The summed E-state index contributed by atoms with van der Waals surface area (Å²) in [6.45, 7) is 7.06. The Balaban J connectivity index is 1.12. The average Bonchev–Trinajstić information content (AvgIpc) is 3.86. The lowest BCUT2D eigenvalue weighted by molar-refractivity contribution is 0.660. The summed E-state index contributed by atoms with van der Waals surface area (Å²) in [5, 5.41) is 4.63. The molecule has 0 atom stereocenters. The number of fused-ring (bicyclic) bond motifs is 7. The number of furan rings is 1. The van der Waals surface area contributed by atoms with Gasteiger partial charge in [0.05, 0.1) is 5.69 Å². The number of hydrogen-bond acceptors (Lipinski definition) is 2. The lowest BCUT2D eigenvalue weighted by atomic mass is 9.71. The topological polar surface area (TPSA) is 16.4 Å². The Hall–Kier alpha value is -7.94. The van der Waals surface area contributed by atoms with Crippen LogP contribution >= 0.6 is 0 Å². The van der Waals surface area contributed by atoms with Gasteiger partial charge < -0.3 is 9.32 Å². The second-order valence-corrected chi connectivity index (χ2v) is 18.1. The van der Waals surface area contributed by atoms with Crippen LogP contribution in [0.15, 0.2) is 235 Å². The van der Waals surface area contributed by atoms with E-state index in [-0.39, 0.29) is 10.8 Å². The predicted octanol–water partition coefficient (Wildman–Crippen LogP) is 17.2. The van der Waals surface area contributed by atoms with E-state index in [0.717, 1.165) is 55.7 Å². The van der Waals surface area contributed by atoms with Gasteiger partial charge in [0.2, 0.25) is 0 Å². The van der Waals surface area contributed by atoms with Crippen LogP contribution in [0.2, 0.25) is 0 Å². The van der Waals surface area contributed by atoms with Crippen molar-refractivity contribution >= 4 is 49.8 Å². The number of nitrogens with zero attached hydrogens (tertiary/aromatic N) is 1. The highest BCUT2D eigenvalue weighted by molar-refractivity contribution is 6.16. The first-order valence-electron chi connectivity index (χ1n) is 22.7. The van der Waals surface area contributed by atoms with E-state index < -0.39 is 0 Å². The summed E-state index contributed by atoms with van der Waals surface area (Å²) in [7, 11) is 0. The number of rotatable bonds is 8. The third-order valence-electron chi connectivity index (χ3n) is 14.3. The fourth-order valence-corrected chi connectivity index (χ4v) is 10.9. The van der Waals surface area contributed by atoms with E-state index >= 15 is 0 Å². The van der Waals surface area contributed by atoms with Crippen molar-refractivity contribution in [2.45, 2.75) is 31.6 Å². The van der Waals surface area contributed by atoms with Gasteiger partial charge in [0.15, 0.2) is 0 Å². The van der Waals surface area contributed by atoms with Crippen LogP contribution in [-0.2, 0) is 10.8 Å². The van der Waals surface area contributed by atoms with Crippen molar-refractivity contribution in [3.05, 3.63) is 258 Å². The number of anilines is 3. The maximum Gasteiger partial charge on any atom is 0.136 e. The van der Waals surface area contributed by atoms with Crippen LogP contribution in [0.3, 0.4) is 0 Å². The predicted molar refractivity (Wildman–Crippen MR) is 273 cm³/mol. The van der Waals surface area contributed by atoms with Gasteiger partial charge in [0.1, 0.15) is 11.2 Å². The summed E-state index contributed by atoms with van der Waals surface area (Å²) in [6, 6.07) is 84.4. The molecule has 310 valence electrons. The van der Waals surface area contributed by atoms with Crippen LogP contribution < -0.4 is 4.90 Å². The summed E-state index contributed by atoms with van der Waals surface area (Å²) in [4.78, 5) is 2.49. The Morgan fingerprint density at radius 2 is 0.954 bits per heavy atom. The Morgan fingerprint density at radius 3 is 1.71 bits per heavy atom. The van der Waals surface area contributed by atoms with Crippen LogP contribution in [0, 0.1) is 0 Å². The maximum atomic E-state index is 6.47. The van der Waals surface area contributed by atoms with E-state index in [1.54, 1.807) is 0 Å². The van der Waals surface area contributed by atoms with Gasteiger partial charge >= 0.3 is 0 Å². The van der Waals surface area contributed by atoms with Crippen molar-refractivity contribution < 1.29 is 4.42 Å². The number of benzene rings is 10. The van der Waals surface area contributed by atoms with E-state index in [4.69, 9.17) is 4.42 Å². The number of para-hydroxylation sites is 1. The first kappa shape index (κ1) is 38.7. The minimum atomic E-state index is -0.375. The molecule has 0 amide bonds. The molecule has 1 aliphatic carbocycles. The lowest BCUT2D eigenvalue weighted by Gasteiger charge is -2.33. The van der Waals surface area contributed by atoms with Crippen molar-refractivity contribution in [1.82, 2.24) is 0 Å². The molecule has 65 heavy (non-hydrogen) atoms. The molecule has 0 unspecified atom stereocenters. The van der Waals surface area contributed by atoms with Gasteiger partial charge in [-0.05, 0) is 116 Å². The third-order valence-corrected chi connectivity index (χ3v) is 14.3. The fourth-order valence-electron chi connectivity index (χ4n) is 10.9. The van der Waals surface area contributed by atoms with Crippen LogP contribution in [-0.4, -0.2) is 0 Å². The van der Waals surface area contributed by atoms with Crippen molar-refractivity contribution in [2.75, 3.05) is 4.90 Å². The van der Waals surface area contributed by atoms with E-state index in [0.29, 0.717) is 0 Å². The first-order chi connectivity index (χ1) is 31.9. The van der Waals surface area contributed by atoms with Crippen LogP contribution in [0.25, 0.3) is 66.1 Å². The number of hydrogen-bond donors (Lipinski definition) is 0. The normalized spacial score (nSPS) is 13.0. The SMILES string of the molecule is CC1(C)c2ccccc2-c2cc(N(c3ccc(C(C)(c4ccccc4)c4ccccc4)cc3)c3ccc4ccccc4c3-c3ccccc3-c3cccc4oc5ccccc5c34)ccc21. The molecule has 1 heterocycles. The molecule has 11 aromatic rings. The highest BCUT2D eigenvalue weighted by Gasteiger charge is 2.36. The Morgan fingerprint density at radius 1 is 0.400 bits per heavy atom. The highest BCUT2D eigenvalue weighted by atomic mass is 16.3. The van der Waals surface area contributed by atoms with Gasteiger partial charge in [-0.2, -0.15) is 0 Å². The van der Waals surface area contributed by atoms with Crippen LogP contribution in [0.5, 0.6) is 0 Å². The molecule has 0 saturated carbocycles. The Kier molecular flexibility index (Phi) is 9.00. The second kappa shape index (κ2) is 15.1. The second-order valence-electron chi connectivity index (χ2n) is 18.1. The quantitative estimate of drug-likeness (QED) is 0.142. The van der Waals surface area contributed by atoms with Crippen molar-refractivity contribution in [1.29, 1.82) is 0 Å². The molecule has 0 spiro atoms. The molecule has 2 nitrogen and oxygen atoms in total. The summed E-state index contributed by atoms with van der Waals surface area (Å²) in [6.07, 6.45) is 0. The van der Waals surface area contributed by atoms with Gasteiger partial charge in [-0.3, -0.25) is 0 Å². The average molecular weight is 834 g/mol. The van der Waals surface area contributed by atoms with E-state index in [1.807, 2.05) is 6.07 Å². The zero-order valence-electron chi connectivity index (χ0n) is 36.8. The zero-order chi connectivity index (χ0) is 43.7. The minimum Gasteiger partial charge on any atom is -0.456 e. The first-order valence-corrected chi connectivity index (χ1v) is 22.7. The Bertz CT molecular complexity index is 3540. The molecular weight excluding hydrogens is 787 g/mol. The molecule has 0 radical (unpaired) electrons. The summed E-state index contributed by atoms with van der Waals surface area (Å²) in [5.41, 5.74) is 18.3. The van der Waals surface area contributed by atoms with E-state index in [9.17, 15) is 0 Å². The monoisotopic (exact) mass is 833 g/mol. The van der Waals surface area contributed by atoms with Gasteiger partial charge in [0, 0.05) is 38.5 Å². The molecular formula is C63H47NO. The minimum absolute atomic E-state index is 0.110. The molecule has 1 aromatic heterocycles. The summed E-state index contributed by atoms with van der Waals surface area (Å²) in [5.74, 6) is 0. The van der Waals surface area contributed by atoms with Gasteiger partial charge in [0.25, 0.3) is 0 Å². The maximum absolute atomic E-state index is 6.47. The van der Waals surface area contributed by atoms with Gasteiger partial charge in [-0.25, -0.2) is 0 Å². The van der Waals surface area contributed by atoms with Crippen LogP contribution in [0.1, 0.15) is 48.6 Å². The largest absolute Gasteiger partial charge is 0.456 e. The van der Waals surface area contributed by atoms with Crippen molar-refractivity contribution in [2.24, 2.45) is 0 Å². The highest BCUT2D eigenvalue weighted by Crippen LogP contribution is 2.53. The lowest BCUT2D eigenvalue weighted by Crippen LogP contribution is -2.25. The zero-order valence-corrected chi connectivity index (χ0v) is 36.8. The van der Waals surface area contributed by atoms with E-state index in [2.05, 4.69) is 250 Å². The Labute approximate surface area is 380 Å². The molecule has 1 aliphatic rings. The molecule has 10 aromatic carbocycles. The third kappa shape index (κ3) is 6.09.